The number of benzene rings is 1. The fourth-order valence-electron chi connectivity index (χ4n) is 1.72. The Hall–Kier alpha value is -1.84. The molecule has 24 heavy (non-hydrogen) atoms. The summed E-state index contributed by atoms with van der Waals surface area (Å²) in [5, 5.41) is 0.139. The maximum atomic E-state index is 12.5. The van der Waals surface area contributed by atoms with Gasteiger partial charge in [-0.05, 0) is 32.0 Å². The third kappa shape index (κ3) is 5.08. The average Bonchev–Trinajstić information content (AvgIpc) is 2.53. The SMILES string of the molecule is CCOC(=O)C(NS(=O)(=O)c1cc(Cl)ccc1OC)C(=O)OCC. The molecule has 1 rings (SSSR count). The van der Waals surface area contributed by atoms with Gasteiger partial charge in [-0.1, -0.05) is 11.6 Å². The van der Waals surface area contributed by atoms with Crippen LogP contribution in [0.3, 0.4) is 0 Å². The van der Waals surface area contributed by atoms with E-state index in [0.29, 0.717) is 0 Å². The summed E-state index contributed by atoms with van der Waals surface area (Å²) in [6.45, 7) is 2.98. The topological polar surface area (TPSA) is 108 Å². The van der Waals surface area contributed by atoms with E-state index >= 15 is 0 Å². The predicted octanol–water partition coefficient (Wildman–Crippen LogP) is 1.12. The van der Waals surface area contributed by atoms with Crippen LogP contribution in [0.1, 0.15) is 13.8 Å². The highest BCUT2D eigenvalue weighted by atomic mass is 35.5. The summed E-state index contributed by atoms with van der Waals surface area (Å²) in [6.07, 6.45) is 0. The number of carbonyl (C=O) groups is 2. The second kappa shape index (κ2) is 8.86. The van der Waals surface area contributed by atoms with Crippen molar-refractivity contribution in [3.8, 4) is 5.75 Å². The van der Waals surface area contributed by atoms with Crippen molar-refractivity contribution in [1.82, 2.24) is 4.72 Å². The monoisotopic (exact) mass is 379 g/mol. The van der Waals surface area contributed by atoms with Crippen molar-refractivity contribution in [3.05, 3.63) is 23.2 Å². The summed E-state index contributed by atoms with van der Waals surface area (Å²) in [4.78, 5) is 23.4. The number of rotatable bonds is 8. The van der Waals surface area contributed by atoms with E-state index in [4.69, 9.17) is 25.8 Å². The molecular weight excluding hydrogens is 362 g/mol. The Morgan fingerprint density at radius 2 is 1.71 bits per heavy atom. The lowest BCUT2D eigenvalue weighted by Gasteiger charge is -2.17. The molecule has 0 unspecified atom stereocenters. The molecule has 1 aromatic carbocycles. The van der Waals surface area contributed by atoms with Gasteiger partial charge in [0.2, 0.25) is 16.1 Å². The Kier molecular flexibility index (Phi) is 7.46. The standard InChI is InChI=1S/C14H18ClNO7S/c1-4-22-13(17)12(14(18)23-5-2)16-24(19,20)11-8-9(15)6-7-10(11)21-3/h6-8,12,16H,4-5H2,1-3H3. The van der Waals surface area contributed by atoms with Crippen LogP contribution in [0.5, 0.6) is 5.75 Å². The van der Waals surface area contributed by atoms with Gasteiger partial charge in [0.25, 0.3) is 0 Å². The molecule has 0 atom stereocenters. The van der Waals surface area contributed by atoms with Crippen molar-refractivity contribution in [3.63, 3.8) is 0 Å². The largest absolute Gasteiger partial charge is 0.495 e. The van der Waals surface area contributed by atoms with Gasteiger partial charge in [-0.3, -0.25) is 0 Å². The number of sulfonamides is 1. The molecule has 10 heteroatoms. The van der Waals surface area contributed by atoms with Crippen LogP contribution in [0.2, 0.25) is 5.02 Å². The minimum atomic E-state index is -4.31. The summed E-state index contributed by atoms with van der Waals surface area (Å²) < 4.78 is 41.4. The zero-order valence-corrected chi connectivity index (χ0v) is 14.9. The first-order valence-electron chi connectivity index (χ1n) is 6.96. The lowest BCUT2D eigenvalue weighted by molar-refractivity contribution is -0.157. The van der Waals surface area contributed by atoms with Gasteiger partial charge in [-0.25, -0.2) is 18.0 Å². The third-order valence-electron chi connectivity index (χ3n) is 2.73. The molecule has 1 aromatic rings. The number of esters is 2. The first-order valence-corrected chi connectivity index (χ1v) is 8.82. The van der Waals surface area contributed by atoms with E-state index < -0.39 is 28.0 Å². The highest BCUT2D eigenvalue weighted by Crippen LogP contribution is 2.27. The highest BCUT2D eigenvalue weighted by Gasteiger charge is 2.35. The summed E-state index contributed by atoms with van der Waals surface area (Å²) >= 11 is 5.81. The molecule has 0 saturated carbocycles. The average molecular weight is 380 g/mol. The van der Waals surface area contributed by atoms with E-state index in [1.165, 1.54) is 33.1 Å². The lowest BCUT2D eigenvalue weighted by atomic mass is 10.3. The van der Waals surface area contributed by atoms with Crippen LogP contribution < -0.4 is 9.46 Å². The van der Waals surface area contributed by atoms with Gasteiger partial charge in [0.1, 0.15) is 10.6 Å². The fraction of sp³-hybridized carbons (Fsp3) is 0.429. The Bertz CT molecular complexity index is 687. The minimum Gasteiger partial charge on any atom is -0.495 e. The molecule has 0 fully saturated rings. The fourth-order valence-corrected chi connectivity index (χ4v) is 3.29. The number of methoxy groups -OCH3 is 1. The van der Waals surface area contributed by atoms with Crippen LogP contribution in [0.25, 0.3) is 0 Å². The smallest absolute Gasteiger partial charge is 0.335 e. The van der Waals surface area contributed by atoms with Crippen LogP contribution >= 0.6 is 11.6 Å². The molecular formula is C14H18ClNO7S. The Morgan fingerprint density at radius 3 is 2.17 bits per heavy atom. The first kappa shape index (κ1) is 20.2. The number of halogens is 1. The molecule has 0 saturated heterocycles. The maximum Gasteiger partial charge on any atom is 0.335 e. The van der Waals surface area contributed by atoms with Crippen LogP contribution in [-0.4, -0.2) is 46.7 Å². The third-order valence-corrected chi connectivity index (χ3v) is 4.41. The van der Waals surface area contributed by atoms with E-state index in [9.17, 15) is 18.0 Å². The lowest BCUT2D eigenvalue weighted by Crippen LogP contribution is -2.48. The molecule has 0 bridgehead atoms. The van der Waals surface area contributed by atoms with Crippen LogP contribution in [0, 0.1) is 0 Å². The first-order chi connectivity index (χ1) is 11.3. The van der Waals surface area contributed by atoms with Crippen LogP contribution in [0.15, 0.2) is 23.1 Å². The number of nitrogens with one attached hydrogen (secondary N) is 1. The van der Waals surface area contributed by atoms with Gasteiger partial charge in [0.05, 0.1) is 20.3 Å². The molecule has 134 valence electrons. The Morgan fingerprint density at radius 1 is 1.17 bits per heavy atom. The van der Waals surface area contributed by atoms with Gasteiger partial charge in [-0.15, -0.1) is 0 Å². The molecule has 0 aromatic heterocycles. The zero-order chi connectivity index (χ0) is 18.3. The van der Waals surface area contributed by atoms with E-state index in [0.717, 1.165) is 6.07 Å². The normalized spacial score (nSPS) is 11.2. The van der Waals surface area contributed by atoms with Crippen molar-refractivity contribution < 1.29 is 32.2 Å². The molecule has 0 aliphatic heterocycles. The summed E-state index contributed by atoms with van der Waals surface area (Å²) in [7, 11) is -3.04. The van der Waals surface area contributed by atoms with Crippen molar-refractivity contribution in [2.45, 2.75) is 24.8 Å². The summed E-state index contributed by atoms with van der Waals surface area (Å²) in [5.41, 5.74) is 0. The molecule has 0 spiro atoms. The molecule has 1 N–H and O–H groups in total. The van der Waals surface area contributed by atoms with Gasteiger partial charge in [0.15, 0.2) is 0 Å². The van der Waals surface area contributed by atoms with Gasteiger partial charge >= 0.3 is 11.9 Å². The number of carbonyl (C=O) groups excluding carboxylic acids is 2. The summed E-state index contributed by atoms with van der Waals surface area (Å²) in [5.74, 6) is -2.14. The second-order valence-corrected chi connectivity index (χ2v) is 6.47. The predicted molar refractivity (Wildman–Crippen MR) is 85.4 cm³/mol. The van der Waals surface area contributed by atoms with E-state index in [1.54, 1.807) is 0 Å². The molecule has 8 nitrogen and oxygen atoms in total. The highest BCUT2D eigenvalue weighted by molar-refractivity contribution is 7.89. The van der Waals surface area contributed by atoms with Crippen molar-refractivity contribution in [2.24, 2.45) is 0 Å². The number of hydrogen-bond donors (Lipinski definition) is 1. The molecule has 0 amide bonds. The van der Waals surface area contributed by atoms with Gasteiger partial charge < -0.3 is 14.2 Å². The van der Waals surface area contributed by atoms with Crippen molar-refractivity contribution in [1.29, 1.82) is 0 Å². The van der Waals surface area contributed by atoms with E-state index in [-0.39, 0.29) is 28.9 Å². The molecule has 0 heterocycles. The summed E-state index contributed by atoms with van der Waals surface area (Å²) in [6, 6.07) is 2.09. The molecule has 0 aliphatic carbocycles. The van der Waals surface area contributed by atoms with E-state index in [1.807, 2.05) is 4.72 Å². The Labute approximate surface area is 145 Å². The van der Waals surface area contributed by atoms with Crippen molar-refractivity contribution in [2.75, 3.05) is 20.3 Å². The van der Waals surface area contributed by atoms with Crippen molar-refractivity contribution >= 4 is 33.6 Å². The number of hydrogen-bond acceptors (Lipinski definition) is 7. The van der Waals surface area contributed by atoms with Gasteiger partial charge in [0, 0.05) is 5.02 Å². The molecule has 0 radical (unpaired) electrons. The number of ether oxygens (including phenoxy) is 3. The molecule has 0 aliphatic rings. The van der Waals surface area contributed by atoms with Crippen LogP contribution in [-0.2, 0) is 29.1 Å². The Balaban J connectivity index is 3.22. The van der Waals surface area contributed by atoms with E-state index in [2.05, 4.69) is 0 Å². The second-order valence-electron chi connectivity index (χ2n) is 4.35. The minimum absolute atomic E-state index is 0.00151. The maximum absolute atomic E-state index is 12.5. The van der Waals surface area contributed by atoms with Crippen LogP contribution in [0.4, 0.5) is 0 Å². The quantitative estimate of drug-likeness (QED) is 0.532. The van der Waals surface area contributed by atoms with Gasteiger partial charge in [-0.2, -0.15) is 4.72 Å². The zero-order valence-electron chi connectivity index (χ0n) is 13.4.